The maximum Gasteiger partial charge on any atom is 0.263 e. The highest BCUT2D eigenvalue weighted by Gasteiger charge is 2.23. The number of nitrogens with zero attached hydrogens (tertiary/aromatic N) is 1. The van der Waals surface area contributed by atoms with Gasteiger partial charge in [-0.2, -0.15) is 0 Å². The number of hydrogen-bond donors (Lipinski definition) is 1. The number of nitrogens with one attached hydrogen (secondary N) is 1. The predicted molar refractivity (Wildman–Crippen MR) is 105 cm³/mol. The molecule has 0 bridgehead atoms. The van der Waals surface area contributed by atoms with Crippen LogP contribution in [0.15, 0.2) is 48.5 Å². The Balaban J connectivity index is 1.95. The molecule has 0 heterocycles. The molecule has 2 rings (SSSR count). The van der Waals surface area contributed by atoms with Crippen molar-refractivity contribution in [3.8, 4) is 11.5 Å². The lowest BCUT2D eigenvalue weighted by molar-refractivity contribution is -0.140. The number of methoxy groups -OCH3 is 1. The average Bonchev–Trinajstić information content (AvgIpc) is 2.65. The first-order valence-electron chi connectivity index (χ1n) is 8.89. The first kappa shape index (κ1) is 20.3. The molecule has 6 nitrogen and oxygen atoms in total. The van der Waals surface area contributed by atoms with E-state index in [0.717, 1.165) is 5.56 Å². The van der Waals surface area contributed by atoms with Crippen molar-refractivity contribution >= 4 is 17.5 Å². The van der Waals surface area contributed by atoms with Crippen LogP contribution in [0.4, 0.5) is 5.69 Å². The SMILES string of the molecule is CCN(CC(=O)Nc1cccc(OC)c1)C(=O)C(C)Oc1cccc(C)c1. The Bertz CT molecular complexity index is 791. The second-order valence-corrected chi connectivity index (χ2v) is 6.21. The summed E-state index contributed by atoms with van der Waals surface area (Å²) in [5, 5.41) is 2.78. The summed E-state index contributed by atoms with van der Waals surface area (Å²) >= 11 is 0. The minimum atomic E-state index is -0.684. The molecule has 1 N–H and O–H groups in total. The van der Waals surface area contributed by atoms with Gasteiger partial charge in [-0.3, -0.25) is 9.59 Å². The summed E-state index contributed by atoms with van der Waals surface area (Å²) in [6.45, 7) is 5.84. The van der Waals surface area contributed by atoms with E-state index in [1.165, 1.54) is 4.90 Å². The zero-order valence-electron chi connectivity index (χ0n) is 16.2. The minimum Gasteiger partial charge on any atom is -0.497 e. The van der Waals surface area contributed by atoms with Crippen molar-refractivity contribution in [1.29, 1.82) is 0 Å². The van der Waals surface area contributed by atoms with Crippen LogP contribution < -0.4 is 14.8 Å². The van der Waals surface area contributed by atoms with Crippen molar-refractivity contribution in [2.24, 2.45) is 0 Å². The Hall–Kier alpha value is -3.02. The fraction of sp³-hybridized carbons (Fsp3) is 0.333. The summed E-state index contributed by atoms with van der Waals surface area (Å²) in [5.41, 5.74) is 1.67. The molecule has 0 spiro atoms. The van der Waals surface area contributed by atoms with E-state index in [1.54, 1.807) is 38.3 Å². The van der Waals surface area contributed by atoms with Crippen LogP contribution in [0.25, 0.3) is 0 Å². The van der Waals surface area contributed by atoms with Gasteiger partial charge in [0.05, 0.1) is 13.7 Å². The topological polar surface area (TPSA) is 67.9 Å². The Morgan fingerprint density at radius 3 is 2.48 bits per heavy atom. The van der Waals surface area contributed by atoms with Crippen LogP contribution in [-0.4, -0.2) is 43.0 Å². The average molecular weight is 370 g/mol. The molecule has 0 radical (unpaired) electrons. The van der Waals surface area contributed by atoms with Crippen LogP contribution in [0.5, 0.6) is 11.5 Å². The standard InChI is InChI=1S/C21H26N2O4/c1-5-23(14-20(24)22-17-9-7-10-18(13-17)26-4)21(25)16(3)27-19-11-6-8-15(2)12-19/h6-13,16H,5,14H2,1-4H3,(H,22,24). The van der Waals surface area contributed by atoms with Crippen molar-refractivity contribution < 1.29 is 19.1 Å². The Labute approximate surface area is 160 Å². The molecule has 0 aliphatic carbocycles. The van der Waals surface area contributed by atoms with Gasteiger partial charge >= 0.3 is 0 Å². The molecule has 2 aromatic carbocycles. The van der Waals surface area contributed by atoms with Gasteiger partial charge < -0.3 is 19.7 Å². The molecule has 144 valence electrons. The molecule has 0 aromatic heterocycles. The van der Waals surface area contributed by atoms with Gasteiger partial charge in [0, 0.05) is 18.3 Å². The predicted octanol–water partition coefficient (Wildman–Crippen LogP) is 3.26. The van der Waals surface area contributed by atoms with E-state index in [1.807, 2.05) is 38.1 Å². The Morgan fingerprint density at radius 1 is 1.11 bits per heavy atom. The number of hydrogen-bond acceptors (Lipinski definition) is 4. The van der Waals surface area contributed by atoms with Gasteiger partial charge in [-0.05, 0) is 50.6 Å². The lowest BCUT2D eigenvalue weighted by Crippen LogP contribution is -2.44. The number of likely N-dealkylation sites (N-methyl/N-ethyl adjacent to an activating group) is 1. The van der Waals surface area contributed by atoms with Gasteiger partial charge in [0.15, 0.2) is 6.10 Å². The van der Waals surface area contributed by atoms with E-state index in [-0.39, 0.29) is 18.4 Å². The first-order chi connectivity index (χ1) is 12.9. The molecule has 0 saturated heterocycles. The number of rotatable bonds is 8. The largest absolute Gasteiger partial charge is 0.497 e. The molecule has 27 heavy (non-hydrogen) atoms. The van der Waals surface area contributed by atoms with Crippen LogP contribution in [0.3, 0.4) is 0 Å². The first-order valence-corrected chi connectivity index (χ1v) is 8.89. The minimum absolute atomic E-state index is 0.0476. The summed E-state index contributed by atoms with van der Waals surface area (Å²) in [6.07, 6.45) is -0.684. The third-order valence-corrected chi connectivity index (χ3v) is 4.03. The van der Waals surface area contributed by atoms with Gasteiger partial charge in [0.2, 0.25) is 5.91 Å². The third kappa shape index (κ3) is 6.02. The Kier molecular flexibility index (Phi) is 7.23. The number of benzene rings is 2. The molecule has 1 atom stereocenters. The van der Waals surface area contributed by atoms with E-state index < -0.39 is 6.10 Å². The van der Waals surface area contributed by atoms with E-state index in [2.05, 4.69) is 5.32 Å². The monoisotopic (exact) mass is 370 g/mol. The van der Waals surface area contributed by atoms with Crippen LogP contribution >= 0.6 is 0 Å². The highest BCUT2D eigenvalue weighted by Crippen LogP contribution is 2.17. The summed E-state index contributed by atoms with van der Waals surface area (Å²) < 4.78 is 10.9. The van der Waals surface area contributed by atoms with Crippen molar-refractivity contribution in [1.82, 2.24) is 4.90 Å². The third-order valence-electron chi connectivity index (χ3n) is 4.03. The van der Waals surface area contributed by atoms with Gasteiger partial charge in [0.1, 0.15) is 11.5 Å². The lowest BCUT2D eigenvalue weighted by atomic mass is 10.2. The second-order valence-electron chi connectivity index (χ2n) is 6.21. The molecule has 6 heteroatoms. The second kappa shape index (κ2) is 9.62. The normalized spacial score (nSPS) is 11.4. The van der Waals surface area contributed by atoms with Gasteiger partial charge in [-0.1, -0.05) is 18.2 Å². The van der Waals surface area contributed by atoms with Crippen LogP contribution in [0.2, 0.25) is 0 Å². The van der Waals surface area contributed by atoms with Crippen molar-refractivity contribution in [2.75, 3.05) is 25.5 Å². The summed E-state index contributed by atoms with van der Waals surface area (Å²) in [4.78, 5) is 26.4. The summed E-state index contributed by atoms with van der Waals surface area (Å²) in [5.74, 6) is 0.769. The number of carbonyl (C=O) groups is 2. The zero-order chi connectivity index (χ0) is 19.8. The molecular formula is C21H26N2O4. The highest BCUT2D eigenvalue weighted by molar-refractivity contribution is 5.95. The van der Waals surface area contributed by atoms with E-state index in [9.17, 15) is 9.59 Å². The van der Waals surface area contributed by atoms with Gasteiger partial charge in [-0.25, -0.2) is 0 Å². The summed E-state index contributed by atoms with van der Waals surface area (Å²) in [7, 11) is 1.56. The Morgan fingerprint density at radius 2 is 1.81 bits per heavy atom. The van der Waals surface area contributed by atoms with Crippen molar-refractivity contribution in [3.63, 3.8) is 0 Å². The summed E-state index contributed by atoms with van der Waals surface area (Å²) in [6, 6.07) is 14.6. The van der Waals surface area contributed by atoms with Crippen LogP contribution in [0.1, 0.15) is 19.4 Å². The van der Waals surface area contributed by atoms with E-state index >= 15 is 0 Å². The van der Waals surface area contributed by atoms with Crippen molar-refractivity contribution in [3.05, 3.63) is 54.1 Å². The molecule has 1 unspecified atom stereocenters. The fourth-order valence-corrected chi connectivity index (χ4v) is 2.62. The lowest BCUT2D eigenvalue weighted by Gasteiger charge is -2.24. The molecule has 0 saturated carbocycles. The quantitative estimate of drug-likeness (QED) is 0.774. The number of ether oxygens (including phenoxy) is 2. The van der Waals surface area contributed by atoms with Crippen molar-refractivity contribution in [2.45, 2.75) is 26.9 Å². The molecule has 0 aliphatic rings. The van der Waals surface area contributed by atoms with E-state index in [0.29, 0.717) is 23.7 Å². The maximum atomic E-state index is 12.7. The highest BCUT2D eigenvalue weighted by atomic mass is 16.5. The number of anilines is 1. The number of amides is 2. The number of carbonyl (C=O) groups excluding carboxylic acids is 2. The molecular weight excluding hydrogens is 344 g/mol. The zero-order valence-corrected chi connectivity index (χ0v) is 16.2. The maximum absolute atomic E-state index is 12.7. The van der Waals surface area contributed by atoms with Crippen LogP contribution in [-0.2, 0) is 9.59 Å². The molecule has 2 amide bonds. The smallest absolute Gasteiger partial charge is 0.263 e. The van der Waals surface area contributed by atoms with Gasteiger partial charge in [-0.15, -0.1) is 0 Å². The van der Waals surface area contributed by atoms with Gasteiger partial charge in [0.25, 0.3) is 5.91 Å². The fourth-order valence-electron chi connectivity index (χ4n) is 2.62. The molecule has 0 aliphatic heterocycles. The van der Waals surface area contributed by atoms with E-state index in [4.69, 9.17) is 9.47 Å². The number of aryl methyl sites for hydroxylation is 1. The molecule has 2 aromatic rings. The molecule has 0 fully saturated rings. The van der Waals surface area contributed by atoms with Crippen LogP contribution in [0, 0.1) is 6.92 Å².